The molecule has 1 aliphatic carbocycles. The second-order valence-corrected chi connectivity index (χ2v) is 2.72. The van der Waals surface area contributed by atoms with Crippen molar-refractivity contribution in [2.45, 2.75) is 25.3 Å². The van der Waals surface area contributed by atoms with E-state index in [1.165, 1.54) is 6.42 Å². The van der Waals surface area contributed by atoms with E-state index in [1.807, 2.05) is 0 Å². The molecule has 1 N–H and O–H groups in total. The minimum absolute atomic E-state index is 0.293. The number of nitrogens with one attached hydrogen (secondary N) is 1. The average Bonchev–Trinajstić information content (AvgIpc) is 2.23. The largest absolute Gasteiger partial charge is 0.353 e. The van der Waals surface area contributed by atoms with E-state index >= 15 is 0 Å². The van der Waals surface area contributed by atoms with E-state index < -0.39 is 0 Å². The van der Waals surface area contributed by atoms with E-state index in [4.69, 9.17) is 0 Å². The Kier molecular flexibility index (Phi) is 0.678. The number of piperidine rings is 1. The van der Waals surface area contributed by atoms with Crippen molar-refractivity contribution in [2.75, 3.05) is 0 Å². The van der Waals surface area contributed by atoms with Gasteiger partial charge in [-0.2, -0.15) is 0 Å². The Morgan fingerprint density at radius 2 is 2.38 bits per heavy atom. The highest BCUT2D eigenvalue weighted by Crippen LogP contribution is 2.31. The van der Waals surface area contributed by atoms with Crippen molar-refractivity contribution in [3.8, 4) is 0 Å². The molecule has 2 heteroatoms. The number of carbonyl (C=O) groups is 1. The molecule has 2 rings (SSSR count). The van der Waals surface area contributed by atoms with Gasteiger partial charge in [-0.1, -0.05) is 0 Å². The van der Waals surface area contributed by atoms with Crippen molar-refractivity contribution in [1.82, 2.24) is 5.32 Å². The normalized spacial score (nSPS) is 42.8. The maximum Gasteiger partial charge on any atom is 0.223 e. The van der Waals surface area contributed by atoms with Gasteiger partial charge < -0.3 is 5.32 Å². The number of fused-ring (bicyclic) bond motifs is 2. The first kappa shape index (κ1) is 4.36. The fraction of sp³-hybridized carbons (Fsp3) is 0.833. The third-order valence-corrected chi connectivity index (χ3v) is 2.15. The summed E-state index contributed by atoms with van der Waals surface area (Å²) in [7, 11) is 0. The van der Waals surface area contributed by atoms with Crippen molar-refractivity contribution in [1.29, 1.82) is 0 Å². The molecular weight excluding hydrogens is 102 g/mol. The number of amides is 1. The molecule has 2 aliphatic rings. The van der Waals surface area contributed by atoms with Gasteiger partial charge in [0.1, 0.15) is 0 Å². The van der Waals surface area contributed by atoms with E-state index in [0.29, 0.717) is 17.9 Å². The van der Waals surface area contributed by atoms with Crippen molar-refractivity contribution >= 4 is 5.91 Å². The van der Waals surface area contributed by atoms with Crippen LogP contribution in [0.4, 0.5) is 0 Å². The topological polar surface area (TPSA) is 29.1 Å². The molecule has 2 atom stereocenters. The van der Waals surface area contributed by atoms with Crippen LogP contribution >= 0.6 is 0 Å². The summed E-state index contributed by atoms with van der Waals surface area (Å²) in [6.07, 6.45) is 3.46. The summed E-state index contributed by atoms with van der Waals surface area (Å²) in [5.74, 6) is 0.682. The summed E-state index contributed by atoms with van der Waals surface area (Å²) in [5.41, 5.74) is 0. The van der Waals surface area contributed by atoms with Gasteiger partial charge in [0.25, 0.3) is 0 Å². The quantitative estimate of drug-likeness (QED) is 0.478. The molecule has 2 fully saturated rings. The van der Waals surface area contributed by atoms with E-state index in [-0.39, 0.29) is 0 Å². The number of hydrogen-bond acceptors (Lipinski definition) is 1. The Morgan fingerprint density at radius 3 is 2.62 bits per heavy atom. The van der Waals surface area contributed by atoms with E-state index in [2.05, 4.69) is 5.32 Å². The van der Waals surface area contributed by atoms with E-state index in [0.717, 1.165) is 12.8 Å². The van der Waals surface area contributed by atoms with Gasteiger partial charge >= 0.3 is 0 Å². The number of carbonyl (C=O) groups excluding carboxylic acids is 1. The lowest BCUT2D eigenvalue weighted by Crippen LogP contribution is -2.30. The first-order valence-corrected chi connectivity index (χ1v) is 3.16. The number of hydrogen-bond donors (Lipinski definition) is 1. The average molecular weight is 111 g/mol. The van der Waals surface area contributed by atoms with Crippen molar-refractivity contribution in [3.63, 3.8) is 0 Å². The number of rotatable bonds is 0. The van der Waals surface area contributed by atoms with Gasteiger partial charge in [0.2, 0.25) is 5.91 Å². The smallest absolute Gasteiger partial charge is 0.223 e. The van der Waals surface area contributed by atoms with Crippen molar-refractivity contribution in [3.05, 3.63) is 0 Å². The molecule has 0 radical (unpaired) electrons. The molecule has 2 bridgehead atoms. The lowest BCUT2D eigenvalue weighted by molar-refractivity contribution is -0.123. The molecular formula is C6H9NO. The van der Waals surface area contributed by atoms with Gasteiger partial charge in [-0.05, 0) is 19.3 Å². The Morgan fingerprint density at radius 1 is 1.50 bits per heavy atom. The second-order valence-electron chi connectivity index (χ2n) is 2.72. The first-order valence-electron chi connectivity index (χ1n) is 3.16. The SMILES string of the molecule is O=C1N[C@H]2CC[C@@H]1C2. The van der Waals surface area contributed by atoms with E-state index in [1.54, 1.807) is 0 Å². The standard InChI is InChI=1S/C6H9NO/c8-6-4-1-2-5(3-4)7-6/h4-5H,1-3H2,(H,7,8)/t4-,5+/m1/s1. The predicted octanol–water partition coefficient (Wildman–Crippen LogP) is 0.285. The van der Waals surface area contributed by atoms with Crippen molar-refractivity contribution in [2.24, 2.45) is 5.92 Å². The highest BCUT2D eigenvalue weighted by molar-refractivity contribution is 5.82. The molecule has 1 saturated carbocycles. The summed E-state index contributed by atoms with van der Waals surface area (Å²) < 4.78 is 0. The summed E-state index contributed by atoms with van der Waals surface area (Å²) in [6, 6.07) is 0.549. The Hall–Kier alpha value is -0.530. The minimum atomic E-state index is 0.293. The van der Waals surface area contributed by atoms with Crippen molar-refractivity contribution < 1.29 is 4.79 Å². The van der Waals surface area contributed by atoms with Gasteiger partial charge in [0.05, 0.1) is 0 Å². The molecule has 0 aromatic heterocycles. The van der Waals surface area contributed by atoms with Gasteiger partial charge in [0, 0.05) is 12.0 Å². The molecule has 1 saturated heterocycles. The van der Waals surface area contributed by atoms with Gasteiger partial charge in [0.15, 0.2) is 0 Å². The summed E-state index contributed by atoms with van der Waals surface area (Å²) >= 11 is 0. The summed E-state index contributed by atoms with van der Waals surface area (Å²) in [5, 5.41) is 2.91. The molecule has 8 heavy (non-hydrogen) atoms. The maximum atomic E-state index is 10.7. The van der Waals surface area contributed by atoms with Crippen LogP contribution in [-0.2, 0) is 4.79 Å². The summed E-state index contributed by atoms with van der Waals surface area (Å²) in [4.78, 5) is 10.7. The predicted molar refractivity (Wildman–Crippen MR) is 29.3 cm³/mol. The monoisotopic (exact) mass is 111 g/mol. The third-order valence-electron chi connectivity index (χ3n) is 2.15. The second kappa shape index (κ2) is 1.24. The van der Waals surface area contributed by atoms with Crippen LogP contribution in [0.15, 0.2) is 0 Å². The van der Waals surface area contributed by atoms with Crippen LogP contribution in [-0.4, -0.2) is 11.9 Å². The van der Waals surface area contributed by atoms with Crippen LogP contribution < -0.4 is 5.32 Å². The lowest BCUT2D eigenvalue weighted by Gasteiger charge is -2.08. The fourth-order valence-electron chi connectivity index (χ4n) is 1.67. The maximum absolute atomic E-state index is 10.7. The zero-order chi connectivity index (χ0) is 5.56. The molecule has 1 amide bonds. The van der Waals surface area contributed by atoms with Crippen LogP contribution in [0.3, 0.4) is 0 Å². The fourth-order valence-corrected chi connectivity index (χ4v) is 1.67. The van der Waals surface area contributed by atoms with Gasteiger partial charge in [-0.25, -0.2) is 0 Å². The van der Waals surface area contributed by atoms with Crippen LogP contribution in [0, 0.1) is 5.92 Å². The molecule has 2 nitrogen and oxygen atoms in total. The first-order chi connectivity index (χ1) is 3.86. The minimum Gasteiger partial charge on any atom is -0.353 e. The lowest BCUT2D eigenvalue weighted by atomic mass is 10.1. The molecule has 1 aliphatic heterocycles. The zero-order valence-corrected chi connectivity index (χ0v) is 4.68. The Balaban J connectivity index is 2.22. The van der Waals surface area contributed by atoms with Gasteiger partial charge in [-0.3, -0.25) is 4.79 Å². The van der Waals surface area contributed by atoms with E-state index in [9.17, 15) is 4.79 Å². The van der Waals surface area contributed by atoms with Crippen LogP contribution in [0.2, 0.25) is 0 Å². The molecule has 0 aromatic rings. The highest BCUT2D eigenvalue weighted by Gasteiger charge is 2.37. The van der Waals surface area contributed by atoms with Gasteiger partial charge in [-0.15, -0.1) is 0 Å². The Bertz CT molecular complexity index is 132. The molecule has 0 unspecified atom stereocenters. The molecule has 0 aromatic carbocycles. The molecule has 1 heterocycles. The summed E-state index contributed by atoms with van der Waals surface area (Å²) in [6.45, 7) is 0. The highest BCUT2D eigenvalue weighted by atomic mass is 16.2. The zero-order valence-electron chi connectivity index (χ0n) is 4.68. The van der Waals surface area contributed by atoms with Crippen LogP contribution in [0.1, 0.15) is 19.3 Å². The molecule has 0 spiro atoms. The molecule has 44 valence electrons. The third kappa shape index (κ3) is 0.403. The van der Waals surface area contributed by atoms with Crippen LogP contribution in [0.25, 0.3) is 0 Å². The van der Waals surface area contributed by atoms with Crippen LogP contribution in [0.5, 0.6) is 0 Å². The Labute approximate surface area is 48.3 Å².